The highest BCUT2D eigenvalue weighted by molar-refractivity contribution is 7.93. The van der Waals surface area contributed by atoms with Crippen molar-refractivity contribution in [3.8, 4) is 11.3 Å². The fraction of sp³-hybridized carbons (Fsp3) is 0.107. The van der Waals surface area contributed by atoms with E-state index in [0.29, 0.717) is 28.0 Å². The lowest BCUT2D eigenvalue weighted by Crippen LogP contribution is -2.38. The number of fused-ring (bicyclic) bond motifs is 1. The molecule has 0 aliphatic rings. The molecule has 3 aromatic carbocycles. The monoisotopic (exact) mass is 512 g/mol. The van der Waals surface area contributed by atoms with Crippen LogP contribution < -0.4 is 9.62 Å². The summed E-state index contributed by atoms with van der Waals surface area (Å²) in [5.74, 6) is 0.124. The molecule has 37 heavy (non-hydrogen) atoms. The van der Waals surface area contributed by atoms with Crippen LogP contribution in [0, 0.1) is 13.8 Å². The SMILES string of the molecule is Cc1cccc(N(CC(=O)Nc2ccc(-c3cnco3)cc2)S(=O)(=O)c2cccc3cccnc23)c1C. The summed E-state index contributed by atoms with van der Waals surface area (Å²) in [4.78, 5) is 21.5. The van der Waals surface area contributed by atoms with E-state index in [1.54, 1.807) is 73.1 Å². The van der Waals surface area contributed by atoms with Crippen LogP contribution in [0.3, 0.4) is 0 Å². The molecule has 0 unspecified atom stereocenters. The van der Waals surface area contributed by atoms with E-state index >= 15 is 0 Å². The Bertz CT molecular complexity index is 1680. The van der Waals surface area contributed by atoms with Gasteiger partial charge in [0.05, 0.1) is 17.4 Å². The number of nitrogens with zero attached hydrogens (tertiary/aromatic N) is 3. The first-order chi connectivity index (χ1) is 17.8. The lowest BCUT2D eigenvalue weighted by Gasteiger charge is -2.26. The van der Waals surface area contributed by atoms with Crippen LogP contribution in [0.4, 0.5) is 11.4 Å². The lowest BCUT2D eigenvalue weighted by molar-refractivity contribution is -0.114. The summed E-state index contributed by atoms with van der Waals surface area (Å²) in [7, 11) is -4.15. The number of rotatable bonds is 7. The number of para-hydroxylation sites is 1. The van der Waals surface area contributed by atoms with Crippen molar-refractivity contribution in [2.24, 2.45) is 0 Å². The van der Waals surface area contributed by atoms with Gasteiger partial charge in [0.2, 0.25) is 5.91 Å². The minimum Gasteiger partial charge on any atom is -0.444 e. The third kappa shape index (κ3) is 4.81. The quantitative estimate of drug-likeness (QED) is 0.316. The van der Waals surface area contributed by atoms with Crippen LogP contribution in [0.1, 0.15) is 11.1 Å². The number of sulfonamides is 1. The van der Waals surface area contributed by atoms with Gasteiger partial charge in [-0.05, 0) is 67.4 Å². The highest BCUT2D eigenvalue weighted by atomic mass is 32.2. The number of hydrogen-bond donors (Lipinski definition) is 1. The summed E-state index contributed by atoms with van der Waals surface area (Å²) in [6.45, 7) is 3.33. The van der Waals surface area contributed by atoms with Crippen LogP contribution in [0.2, 0.25) is 0 Å². The van der Waals surface area contributed by atoms with E-state index in [-0.39, 0.29) is 4.90 Å². The standard InChI is InChI=1S/C28H24N4O4S/c1-19-6-3-9-24(20(19)2)32(37(34,35)26-10-4-7-22-8-5-15-30-28(22)26)17-27(33)31-23-13-11-21(12-14-23)25-16-29-18-36-25/h3-16,18H,17H2,1-2H3,(H,31,33). The molecule has 0 radical (unpaired) electrons. The molecule has 2 aromatic heterocycles. The highest BCUT2D eigenvalue weighted by Crippen LogP contribution is 2.31. The molecule has 0 aliphatic heterocycles. The molecule has 1 amide bonds. The Morgan fingerprint density at radius 2 is 1.73 bits per heavy atom. The van der Waals surface area contributed by atoms with Gasteiger partial charge in [-0.1, -0.05) is 30.3 Å². The van der Waals surface area contributed by atoms with Crippen molar-refractivity contribution >= 4 is 38.2 Å². The zero-order valence-corrected chi connectivity index (χ0v) is 21.1. The molecule has 2 heterocycles. The topological polar surface area (TPSA) is 105 Å². The van der Waals surface area contributed by atoms with Gasteiger partial charge in [0.25, 0.3) is 10.0 Å². The first-order valence-electron chi connectivity index (χ1n) is 11.6. The smallest absolute Gasteiger partial charge is 0.266 e. The van der Waals surface area contributed by atoms with Crippen LogP contribution in [0.5, 0.6) is 0 Å². The van der Waals surface area contributed by atoms with Gasteiger partial charge in [0.15, 0.2) is 12.2 Å². The van der Waals surface area contributed by atoms with Gasteiger partial charge in [-0.2, -0.15) is 0 Å². The number of aromatic nitrogens is 2. The molecule has 9 heteroatoms. The second-order valence-electron chi connectivity index (χ2n) is 8.55. The molecule has 186 valence electrons. The van der Waals surface area contributed by atoms with Crippen LogP contribution in [-0.4, -0.2) is 30.8 Å². The van der Waals surface area contributed by atoms with Crippen LogP contribution in [0.25, 0.3) is 22.2 Å². The van der Waals surface area contributed by atoms with Gasteiger partial charge in [-0.25, -0.2) is 13.4 Å². The van der Waals surface area contributed by atoms with Crippen molar-refractivity contribution < 1.29 is 17.6 Å². The van der Waals surface area contributed by atoms with E-state index in [0.717, 1.165) is 21.0 Å². The molecule has 0 fully saturated rings. The maximum Gasteiger partial charge on any atom is 0.266 e. The molecule has 0 spiro atoms. The molecule has 0 saturated heterocycles. The predicted octanol–water partition coefficient (Wildman–Crippen LogP) is 5.34. The Hall–Kier alpha value is -4.50. The van der Waals surface area contributed by atoms with Crippen LogP contribution in [-0.2, 0) is 14.8 Å². The first kappa shape index (κ1) is 24.2. The average molecular weight is 513 g/mol. The Morgan fingerprint density at radius 3 is 2.49 bits per heavy atom. The van der Waals surface area contributed by atoms with E-state index in [4.69, 9.17) is 4.42 Å². The maximum absolute atomic E-state index is 14.1. The predicted molar refractivity (Wildman–Crippen MR) is 143 cm³/mol. The van der Waals surface area contributed by atoms with Gasteiger partial charge in [0, 0.05) is 22.8 Å². The number of carbonyl (C=O) groups excluding carboxylic acids is 1. The molecular formula is C28H24N4O4S. The van der Waals surface area contributed by atoms with Crippen molar-refractivity contribution in [2.45, 2.75) is 18.7 Å². The van der Waals surface area contributed by atoms with Gasteiger partial charge in [-0.3, -0.25) is 14.1 Å². The summed E-state index contributed by atoms with van der Waals surface area (Å²) in [6, 6.07) is 21.0. The van der Waals surface area contributed by atoms with Crippen LogP contribution >= 0.6 is 0 Å². The number of carbonyl (C=O) groups is 1. The summed E-state index contributed by atoms with van der Waals surface area (Å²) < 4.78 is 34.6. The van der Waals surface area contributed by atoms with E-state index in [9.17, 15) is 13.2 Å². The van der Waals surface area contributed by atoms with Gasteiger partial charge in [0.1, 0.15) is 11.4 Å². The molecule has 0 bridgehead atoms. The number of pyridine rings is 1. The Labute approximate surface area is 214 Å². The third-order valence-corrected chi connectivity index (χ3v) is 7.97. The Balaban J connectivity index is 1.49. The normalized spacial score (nSPS) is 11.4. The molecule has 8 nitrogen and oxygen atoms in total. The van der Waals surface area contributed by atoms with E-state index in [1.165, 1.54) is 12.5 Å². The number of aryl methyl sites for hydroxylation is 1. The van der Waals surface area contributed by atoms with E-state index in [2.05, 4.69) is 15.3 Å². The summed E-state index contributed by atoms with van der Waals surface area (Å²) in [6.07, 6.45) is 4.50. The average Bonchev–Trinajstić information content (AvgIpc) is 3.44. The number of hydrogen-bond acceptors (Lipinski definition) is 6. The summed E-state index contributed by atoms with van der Waals surface area (Å²) >= 11 is 0. The van der Waals surface area contributed by atoms with Crippen molar-refractivity contribution in [1.29, 1.82) is 0 Å². The maximum atomic E-state index is 14.1. The second kappa shape index (κ2) is 9.87. The molecule has 0 aliphatic carbocycles. The van der Waals surface area contributed by atoms with Crippen molar-refractivity contribution in [2.75, 3.05) is 16.2 Å². The van der Waals surface area contributed by atoms with Crippen LogP contribution in [0.15, 0.2) is 101 Å². The van der Waals surface area contributed by atoms with Crippen molar-refractivity contribution in [1.82, 2.24) is 9.97 Å². The molecule has 0 atom stereocenters. The lowest BCUT2D eigenvalue weighted by atomic mass is 10.1. The number of benzene rings is 3. The molecular weight excluding hydrogens is 488 g/mol. The third-order valence-electron chi connectivity index (χ3n) is 6.18. The number of nitrogens with one attached hydrogen (secondary N) is 1. The zero-order valence-electron chi connectivity index (χ0n) is 20.3. The second-order valence-corrected chi connectivity index (χ2v) is 10.4. The summed E-state index contributed by atoms with van der Waals surface area (Å²) in [5, 5.41) is 3.50. The Morgan fingerprint density at radius 1 is 0.973 bits per heavy atom. The number of anilines is 2. The molecule has 5 rings (SSSR count). The van der Waals surface area contributed by atoms with Gasteiger partial charge >= 0.3 is 0 Å². The number of amides is 1. The largest absolute Gasteiger partial charge is 0.444 e. The zero-order chi connectivity index (χ0) is 26.0. The van der Waals surface area contributed by atoms with Gasteiger partial charge < -0.3 is 9.73 Å². The molecule has 1 N–H and O–H groups in total. The fourth-order valence-electron chi connectivity index (χ4n) is 4.12. The minimum atomic E-state index is -4.15. The Kier molecular flexibility index (Phi) is 6.45. The fourth-order valence-corrected chi connectivity index (χ4v) is 5.76. The van der Waals surface area contributed by atoms with Gasteiger partial charge in [-0.15, -0.1) is 0 Å². The van der Waals surface area contributed by atoms with Crippen molar-refractivity contribution in [3.05, 3.63) is 103 Å². The first-order valence-corrected chi connectivity index (χ1v) is 13.0. The highest BCUT2D eigenvalue weighted by Gasteiger charge is 2.30. The summed E-state index contributed by atoms with van der Waals surface area (Å²) in [5.41, 5.74) is 3.80. The van der Waals surface area contributed by atoms with Crippen molar-refractivity contribution in [3.63, 3.8) is 0 Å². The molecule has 0 saturated carbocycles. The minimum absolute atomic E-state index is 0.0377. The van der Waals surface area contributed by atoms with E-state index < -0.39 is 22.5 Å². The molecule has 5 aromatic rings. The number of oxazole rings is 1. The van der Waals surface area contributed by atoms with E-state index in [1.807, 2.05) is 19.9 Å².